The number of hydrogen-bond donors (Lipinski definition) is 1. The molecule has 0 amide bonds. The SMILES string of the molecule is Cc1ccncc1-c1ccc2[nH]c(=O)sc2c1. The van der Waals surface area contributed by atoms with Gasteiger partial charge >= 0.3 is 4.87 Å². The molecule has 0 radical (unpaired) electrons. The van der Waals surface area contributed by atoms with Gasteiger partial charge in [-0.1, -0.05) is 17.4 Å². The second-order valence-electron chi connectivity index (χ2n) is 3.92. The molecule has 0 fully saturated rings. The van der Waals surface area contributed by atoms with Crippen LogP contribution in [0.5, 0.6) is 0 Å². The molecule has 0 aliphatic carbocycles. The lowest BCUT2D eigenvalue weighted by Gasteiger charge is -2.04. The molecule has 0 saturated heterocycles. The van der Waals surface area contributed by atoms with E-state index in [0.29, 0.717) is 0 Å². The van der Waals surface area contributed by atoms with Crippen molar-refractivity contribution in [1.82, 2.24) is 9.97 Å². The van der Waals surface area contributed by atoms with Crippen molar-refractivity contribution in [1.29, 1.82) is 0 Å². The van der Waals surface area contributed by atoms with Gasteiger partial charge in [0.05, 0.1) is 10.2 Å². The quantitative estimate of drug-likeness (QED) is 0.713. The molecule has 1 N–H and O–H groups in total. The van der Waals surface area contributed by atoms with Crippen molar-refractivity contribution >= 4 is 21.6 Å². The summed E-state index contributed by atoms with van der Waals surface area (Å²) in [5.74, 6) is 0. The molecular formula is C13H10N2OS. The molecule has 3 aromatic rings. The van der Waals surface area contributed by atoms with Crippen LogP contribution < -0.4 is 4.87 Å². The molecule has 0 unspecified atom stereocenters. The van der Waals surface area contributed by atoms with Crippen LogP contribution in [0.1, 0.15) is 5.56 Å². The average molecular weight is 242 g/mol. The second kappa shape index (κ2) is 3.82. The Balaban J connectivity index is 2.24. The van der Waals surface area contributed by atoms with E-state index in [1.807, 2.05) is 30.5 Å². The Morgan fingerprint density at radius 2 is 2.18 bits per heavy atom. The molecular weight excluding hydrogens is 232 g/mol. The van der Waals surface area contributed by atoms with E-state index < -0.39 is 0 Å². The first kappa shape index (κ1) is 10.2. The summed E-state index contributed by atoms with van der Waals surface area (Å²) >= 11 is 1.24. The van der Waals surface area contributed by atoms with Crippen molar-refractivity contribution in [3.8, 4) is 11.1 Å². The minimum absolute atomic E-state index is 0.0138. The number of hydrogen-bond acceptors (Lipinski definition) is 3. The number of thiazole rings is 1. The zero-order chi connectivity index (χ0) is 11.8. The summed E-state index contributed by atoms with van der Waals surface area (Å²) in [4.78, 5) is 18.2. The molecule has 17 heavy (non-hydrogen) atoms. The number of aryl methyl sites for hydroxylation is 1. The molecule has 2 aromatic heterocycles. The maximum atomic E-state index is 11.3. The normalized spacial score (nSPS) is 10.9. The van der Waals surface area contributed by atoms with Gasteiger partial charge in [-0.2, -0.15) is 0 Å². The van der Waals surface area contributed by atoms with Crippen molar-refractivity contribution in [2.75, 3.05) is 0 Å². The molecule has 4 heteroatoms. The number of aromatic nitrogens is 2. The number of pyridine rings is 1. The fourth-order valence-corrected chi connectivity index (χ4v) is 2.65. The summed E-state index contributed by atoms with van der Waals surface area (Å²) in [6.07, 6.45) is 3.64. The molecule has 0 spiro atoms. The number of H-pyrrole nitrogens is 1. The molecule has 0 saturated carbocycles. The zero-order valence-electron chi connectivity index (χ0n) is 9.23. The van der Waals surface area contributed by atoms with Gasteiger partial charge in [0.15, 0.2) is 0 Å². The highest BCUT2D eigenvalue weighted by Gasteiger charge is 2.04. The number of fused-ring (bicyclic) bond motifs is 1. The van der Waals surface area contributed by atoms with Crippen molar-refractivity contribution < 1.29 is 0 Å². The summed E-state index contributed by atoms with van der Waals surface area (Å²) in [7, 11) is 0. The fourth-order valence-electron chi connectivity index (χ4n) is 1.88. The third-order valence-electron chi connectivity index (χ3n) is 2.77. The van der Waals surface area contributed by atoms with E-state index in [9.17, 15) is 4.79 Å². The summed E-state index contributed by atoms with van der Waals surface area (Å²) in [6, 6.07) is 7.96. The Morgan fingerprint density at radius 3 is 3.00 bits per heavy atom. The minimum Gasteiger partial charge on any atom is -0.312 e. The predicted octanol–water partition coefficient (Wildman–Crippen LogP) is 2.96. The third kappa shape index (κ3) is 1.76. The lowest BCUT2D eigenvalue weighted by atomic mass is 10.0. The van der Waals surface area contributed by atoms with E-state index >= 15 is 0 Å². The highest BCUT2D eigenvalue weighted by atomic mass is 32.1. The molecule has 0 aliphatic rings. The van der Waals surface area contributed by atoms with Crippen LogP contribution in [0.3, 0.4) is 0 Å². The lowest BCUT2D eigenvalue weighted by molar-refractivity contribution is 1.29. The number of benzene rings is 1. The molecule has 0 atom stereocenters. The average Bonchev–Trinajstić information content (AvgIpc) is 2.68. The van der Waals surface area contributed by atoms with Crippen molar-refractivity contribution in [3.05, 3.63) is 51.9 Å². The second-order valence-corrected chi connectivity index (χ2v) is 4.93. The summed E-state index contributed by atoms with van der Waals surface area (Å²) in [5, 5.41) is 0. The maximum Gasteiger partial charge on any atom is 0.305 e. The van der Waals surface area contributed by atoms with Gasteiger partial charge in [0.2, 0.25) is 0 Å². The van der Waals surface area contributed by atoms with Gasteiger partial charge < -0.3 is 4.98 Å². The Hall–Kier alpha value is -1.94. The number of nitrogens with zero attached hydrogens (tertiary/aromatic N) is 1. The lowest BCUT2D eigenvalue weighted by Crippen LogP contribution is -1.89. The van der Waals surface area contributed by atoms with Crippen LogP contribution in [-0.4, -0.2) is 9.97 Å². The molecule has 84 valence electrons. The molecule has 2 heterocycles. The van der Waals surface area contributed by atoms with Crippen molar-refractivity contribution in [3.63, 3.8) is 0 Å². The van der Waals surface area contributed by atoms with Crippen LogP contribution in [0.25, 0.3) is 21.3 Å². The summed E-state index contributed by atoms with van der Waals surface area (Å²) in [6.45, 7) is 2.06. The number of nitrogens with one attached hydrogen (secondary N) is 1. The first-order valence-corrected chi connectivity index (χ1v) is 6.09. The maximum absolute atomic E-state index is 11.3. The predicted molar refractivity (Wildman–Crippen MR) is 70.4 cm³/mol. The Kier molecular flexibility index (Phi) is 2.30. The smallest absolute Gasteiger partial charge is 0.305 e. The minimum atomic E-state index is -0.0138. The van der Waals surface area contributed by atoms with Gasteiger partial charge in [0, 0.05) is 18.0 Å². The Morgan fingerprint density at radius 1 is 1.29 bits per heavy atom. The highest BCUT2D eigenvalue weighted by molar-refractivity contribution is 7.16. The van der Waals surface area contributed by atoms with Gasteiger partial charge in [-0.3, -0.25) is 9.78 Å². The molecule has 0 bridgehead atoms. The topological polar surface area (TPSA) is 45.8 Å². The summed E-state index contributed by atoms with van der Waals surface area (Å²) < 4.78 is 0.982. The first-order valence-electron chi connectivity index (χ1n) is 5.28. The zero-order valence-corrected chi connectivity index (χ0v) is 10.0. The van der Waals surface area contributed by atoms with E-state index in [1.54, 1.807) is 6.20 Å². The van der Waals surface area contributed by atoms with Crippen LogP contribution in [0.2, 0.25) is 0 Å². The third-order valence-corrected chi connectivity index (χ3v) is 3.62. The van der Waals surface area contributed by atoms with E-state index in [-0.39, 0.29) is 4.87 Å². The molecule has 3 nitrogen and oxygen atoms in total. The van der Waals surface area contributed by atoms with E-state index in [4.69, 9.17) is 0 Å². The number of rotatable bonds is 1. The fraction of sp³-hybridized carbons (Fsp3) is 0.0769. The standard InChI is InChI=1S/C13H10N2OS/c1-8-4-5-14-7-10(8)9-2-3-11-12(6-9)17-13(16)15-11/h2-7H,1H3,(H,15,16). The van der Waals surface area contributed by atoms with Crippen LogP contribution in [-0.2, 0) is 0 Å². The van der Waals surface area contributed by atoms with Crippen LogP contribution >= 0.6 is 11.3 Å². The molecule has 0 aliphatic heterocycles. The van der Waals surface area contributed by atoms with Crippen LogP contribution in [0, 0.1) is 6.92 Å². The van der Waals surface area contributed by atoms with Crippen molar-refractivity contribution in [2.45, 2.75) is 6.92 Å². The Bertz CT molecular complexity index is 742. The molecule has 1 aromatic carbocycles. The van der Waals surface area contributed by atoms with Gasteiger partial charge in [0.1, 0.15) is 0 Å². The summed E-state index contributed by atoms with van der Waals surface area (Å²) in [5.41, 5.74) is 4.28. The first-order chi connectivity index (χ1) is 8.24. The number of aromatic amines is 1. The van der Waals surface area contributed by atoms with E-state index in [2.05, 4.69) is 16.9 Å². The molecule has 3 rings (SSSR count). The Labute approximate surface area is 102 Å². The van der Waals surface area contributed by atoms with E-state index in [0.717, 1.165) is 21.3 Å². The highest BCUT2D eigenvalue weighted by Crippen LogP contribution is 2.26. The van der Waals surface area contributed by atoms with Gasteiger partial charge in [-0.25, -0.2) is 0 Å². The van der Waals surface area contributed by atoms with Gasteiger partial charge in [-0.05, 0) is 36.2 Å². The largest absolute Gasteiger partial charge is 0.312 e. The van der Waals surface area contributed by atoms with Crippen LogP contribution in [0.4, 0.5) is 0 Å². The van der Waals surface area contributed by atoms with Gasteiger partial charge in [-0.15, -0.1) is 0 Å². The monoisotopic (exact) mass is 242 g/mol. The van der Waals surface area contributed by atoms with Gasteiger partial charge in [0.25, 0.3) is 0 Å². The van der Waals surface area contributed by atoms with Crippen molar-refractivity contribution in [2.24, 2.45) is 0 Å². The van der Waals surface area contributed by atoms with E-state index in [1.165, 1.54) is 16.9 Å². The van der Waals surface area contributed by atoms with Crippen LogP contribution in [0.15, 0.2) is 41.5 Å².